The predicted molar refractivity (Wildman–Crippen MR) is 82.3 cm³/mol. The molecule has 1 nitrogen and oxygen atoms in total. The third-order valence-electron chi connectivity index (χ3n) is 3.47. The first-order valence-corrected chi connectivity index (χ1v) is 7.23. The Hall–Kier alpha value is -1.67. The Morgan fingerprint density at radius 2 is 1.65 bits per heavy atom. The average Bonchev–Trinajstić information content (AvgIpc) is 2.46. The summed E-state index contributed by atoms with van der Waals surface area (Å²) in [7, 11) is 0. The van der Waals surface area contributed by atoms with Crippen molar-refractivity contribution in [2.45, 2.75) is 32.7 Å². The van der Waals surface area contributed by atoms with Crippen molar-refractivity contribution in [2.24, 2.45) is 0 Å². The lowest BCUT2D eigenvalue weighted by Gasteiger charge is -2.19. The molecule has 0 radical (unpaired) electrons. The van der Waals surface area contributed by atoms with E-state index >= 15 is 0 Å². The molecule has 0 aliphatic rings. The number of halogens is 1. The van der Waals surface area contributed by atoms with Crippen molar-refractivity contribution in [3.05, 3.63) is 71.0 Å². The zero-order chi connectivity index (χ0) is 14.4. The first-order chi connectivity index (χ1) is 9.69. The minimum Gasteiger partial charge on any atom is -0.310 e. The summed E-state index contributed by atoms with van der Waals surface area (Å²) in [6.45, 7) is 5.25. The Balaban J connectivity index is 2.14. The minimum absolute atomic E-state index is 0.179. The van der Waals surface area contributed by atoms with Crippen molar-refractivity contribution >= 4 is 0 Å². The van der Waals surface area contributed by atoms with E-state index in [1.807, 2.05) is 12.1 Å². The van der Waals surface area contributed by atoms with Gasteiger partial charge in [-0.05, 0) is 49.6 Å². The Labute approximate surface area is 120 Å². The van der Waals surface area contributed by atoms with Crippen molar-refractivity contribution in [2.75, 3.05) is 6.54 Å². The van der Waals surface area contributed by atoms with Crippen LogP contribution in [0.2, 0.25) is 0 Å². The van der Waals surface area contributed by atoms with Gasteiger partial charge in [-0.1, -0.05) is 48.9 Å². The number of benzene rings is 2. The van der Waals surface area contributed by atoms with E-state index in [1.54, 1.807) is 0 Å². The molecule has 2 heteroatoms. The van der Waals surface area contributed by atoms with Crippen LogP contribution in [0.3, 0.4) is 0 Å². The van der Waals surface area contributed by atoms with Crippen molar-refractivity contribution < 1.29 is 4.39 Å². The van der Waals surface area contributed by atoms with Crippen LogP contribution in [-0.4, -0.2) is 6.54 Å². The molecule has 0 bridgehead atoms. The molecule has 0 saturated heterocycles. The second-order valence-electron chi connectivity index (χ2n) is 5.25. The number of hydrogen-bond acceptors (Lipinski definition) is 1. The zero-order valence-electron chi connectivity index (χ0n) is 12.2. The van der Waals surface area contributed by atoms with Crippen molar-refractivity contribution in [1.29, 1.82) is 0 Å². The van der Waals surface area contributed by atoms with Crippen LogP contribution in [0.5, 0.6) is 0 Å². The van der Waals surface area contributed by atoms with Gasteiger partial charge in [0.15, 0.2) is 0 Å². The number of nitrogens with one attached hydrogen (secondary N) is 1. The maximum atomic E-state index is 13.0. The van der Waals surface area contributed by atoms with Gasteiger partial charge in [-0.3, -0.25) is 0 Å². The van der Waals surface area contributed by atoms with Gasteiger partial charge in [0, 0.05) is 6.04 Å². The van der Waals surface area contributed by atoms with Crippen LogP contribution >= 0.6 is 0 Å². The molecule has 2 rings (SSSR count). The number of aryl methyl sites for hydroxylation is 1. The van der Waals surface area contributed by atoms with Gasteiger partial charge >= 0.3 is 0 Å². The maximum Gasteiger partial charge on any atom is 0.123 e. The second-order valence-corrected chi connectivity index (χ2v) is 5.25. The molecule has 1 unspecified atom stereocenters. The van der Waals surface area contributed by atoms with E-state index in [0.717, 1.165) is 24.9 Å². The monoisotopic (exact) mass is 271 g/mol. The highest BCUT2D eigenvalue weighted by Crippen LogP contribution is 2.19. The summed E-state index contributed by atoms with van der Waals surface area (Å²) < 4.78 is 13.0. The molecule has 0 spiro atoms. The first kappa shape index (κ1) is 14.7. The van der Waals surface area contributed by atoms with Crippen LogP contribution in [0.25, 0.3) is 0 Å². The molecular weight excluding hydrogens is 249 g/mol. The third kappa shape index (κ3) is 4.17. The van der Waals surface area contributed by atoms with Gasteiger partial charge in [0.2, 0.25) is 0 Å². The molecule has 2 aromatic rings. The largest absolute Gasteiger partial charge is 0.310 e. The fourth-order valence-corrected chi connectivity index (χ4v) is 2.28. The molecule has 0 saturated carbocycles. The van der Waals surface area contributed by atoms with E-state index in [0.29, 0.717) is 0 Å². The van der Waals surface area contributed by atoms with Crippen LogP contribution in [0.4, 0.5) is 4.39 Å². The normalized spacial score (nSPS) is 12.3. The fraction of sp³-hybridized carbons (Fsp3) is 0.333. The lowest BCUT2D eigenvalue weighted by Crippen LogP contribution is -2.24. The molecule has 0 amide bonds. The summed E-state index contributed by atoms with van der Waals surface area (Å²) in [5.41, 5.74) is 3.71. The lowest BCUT2D eigenvalue weighted by atomic mass is 9.98. The Morgan fingerprint density at radius 3 is 2.25 bits per heavy atom. The summed E-state index contributed by atoms with van der Waals surface area (Å²) >= 11 is 0. The zero-order valence-corrected chi connectivity index (χ0v) is 12.2. The summed E-state index contributed by atoms with van der Waals surface area (Å²) in [4.78, 5) is 0. The Kier molecular flexibility index (Phi) is 5.31. The van der Waals surface area contributed by atoms with E-state index in [4.69, 9.17) is 0 Å². The van der Waals surface area contributed by atoms with Gasteiger partial charge in [-0.2, -0.15) is 0 Å². The van der Waals surface area contributed by atoms with Gasteiger partial charge in [0.25, 0.3) is 0 Å². The van der Waals surface area contributed by atoms with E-state index in [1.165, 1.54) is 23.3 Å². The molecule has 0 aromatic heterocycles. The van der Waals surface area contributed by atoms with Gasteiger partial charge < -0.3 is 5.32 Å². The van der Waals surface area contributed by atoms with Crippen molar-refractivity contribution in [3.8, 4) is 0 Å². The highest BCUT2D eigenvalue weighted by Gasteiger charge is 2.11. The fourth-order valence-electron chi connectivity index (χ4n) is 2.28. The summed E-state index contributed by atoms with van der Waals surface area (Å²) in [5.74, 6) is -0.179. The van der Waals surface area contributed by atoms with Crippen molar-refractivity contribution in [3.63, 3.8) is 0 Å². The number of rotatable bonds is 6. The topological polar surface area (TPSA) is 12.0 Å². The first-order valence-electron chi connectivity index (χ1n) is 7.23. The molecule has 0 heterocycles. The molecule has 0 aliphatic heterocycles. The van der Waals surface area contributed by atoms with E-state index in [-0.39, 0.29) is 11.9 Å². The van der Waals surface area contributed by atoms with E-state index in [2.05, 4.69) is 43.4 Å². The Morgan fingerprint density at radius 1 is 1.00 bits per heavy atom. The van der Waals surface area contributed by atoms with E-state index in [9.17, 15) is 4.39 Å². The molecular formula is C18H22FN. The molecule has 106 valence electrons. The standard InChI is InChI=1S/C18H22FN/c1-3-12-20-18(16-8-4-14(2)5-9-16)13-15-6-10-17(19)11-7-15/h4-11,18,20H,3,12-13H2,1-2H3. The minimum atomic E-state index is -0.179. The highest BCUT2D eigenvalue weighted by atomic mass is 19.1. The molecule has 20 heavy (non-hydrogen) atoms. The summed E-state index contributed by atoms with van der Waals surface area (Å²) in [6, 6.07) is 15.7. The van der Waals surface area contributed by atoms with Gasteiger partial charge in [-0.25, -0.2) is 4.39 Å². The molecule has 2 aromatic carbocycles. The van der Waals surface area contributed by atoms with Crippen molar-refractivity contribution in [1.82, 2.24) is 5.32 Å². The van der Waals surface area contributed by atoms with Crippen LogP contribution in [0.15, 0.2) is 48.5 Å². The maximum absolute atomic E-state index is 13.0. The molecule has 0 aliphatic carbocycles. The Bertz CT molecular complexity index is 516. The smallest absolute Gasteiger partial charge is 0.123 e. The quantitative estimate of drug-likeness (QED) is 0.820. The molecule has 1 atom stereocenters. The second kappa shape index (κ2) is 7.20. The van der Waals surface area contributed by atoms with Crippen LogP contribution in [-0.2, 0) is 6.42 Å². The summed E-state index contributed by atoms with van der Waals surface area (Å²) in [5, 5.41) is 3.57. The SMILES string of the molecule is CCCNC(Cc1ccc(F)cc1)c1ccc(C)cc1. The van der Waals surface area contributed by atoms with E-state index < -0.39 is 0 Å². The van der Waals surface area contributed by atoms with Crippen LogP contribution in [0, 0.1) is 12.7 Å². The van der Waals surface area contributed by atoms with Gasteiger partial charge in [0.1, 0.15) is 5.82 Å². The number of hydrogen-bond donors (Lipinski definition) is 1. The third-order valence-corrected chi connectivity index (χ3v) is 3.47. The predicted octanol–water partition coefficient (Wildman–Crippen LogP) is 4.42. The van der Waals surface area contributed by atoms with Crippen LogP contribution in [0.1, 0.15) is 36.1 Å². The molecule has 1 N–H and O–H groups in total. The highest BCUT2D eigenvalue weighted by molar-refractivity contribution is 5.27. The summed E-state index contributed by atoms with van der Waals surface area (Å²) in [6.07, 6.45) is 1.98. The van der Waals surface area contributed by atoms with Gasteiger partial charge in [-0.15, -0.1) is 0 Å². The average molecular weight is 271 g/mol. The van der Waals surface area contributed by atoms with Crippen LogP contribution < -0.4 is 5.32 Å². The molecule has 0 fully saturated rings. The van der Waals surface area contributed by atoms with Gasteiger partial charge in [0.05, 0.1) is 0 Å². The lowest BCUT2D eigenvalue weighted by molar-refractivity contribution is 0.528.